The van der Waals surface area contributed by atoms with Crippen LogP contribution < -0.4 is 5.32 Å². The van der Waals surface area contributed by atoms with Gasteiger partial charge in [-0.05, 0) is 12.8 Å². The Kier molecular flexibility index (Phi) is 4.36. The summed E-state index contributed by atoms with van der Waals surface area (Å²) >= 11 is 0. The fourth-order valence-corrected chi connectivity index (χ4v) is 3.76. The maximum atomic E-state index is 12.6. The first kappa shape index (κ1) is 15.3. The molecule has 1 N–H and O–H groups in total. The van der Waals surface area contributed by atoms with Crippen molar-refractivity contribution in [2.24, 2.45) is 0 Å². The Morgan fingerprint density at radius 2 is 1.85 bits per heavy atom. The van der Waals surface area contributed by atoms with Gasteiger partial charge in [0.15, 0.2) is 9.84 Å². The quantitative estimate of drug-likeness (QED) is 0.797. The SMILES string of the molecule is CCS(=O)(=O)CCN1CC(=O)NC2(CCCCC2)C1=O. The van der Waals surface area contributed by atoms with Crippen LogP contribution in [0.15, 0.2) is 0 Å². The molecular weight excluding hydrogens is 280 g/mol. The van der Waals surface area contributed by atoms with Gasteiger partial charge in [-0.1, -0.05) is 26.2 Å². The molecule has 114 valence electrons. The van der Waals surface area contributed by atoms with Crippen LogP contribution >= 0.6 is 0 Å². The third-order valence-corrected chi connectivity index (χ3v) is 5.91. The van der Waals surface area contributed by atoms with Crippen molar-refractivity contribution in [3.05, 3.63) is 0 Å². The van der Waals surface area contributed by atoms with E-state index in [1.54, 1.807) is 6.92 Å². The average Bonchev–Trinajstić information content (AvgIpc) is 2.42. The van der Waals surface area contributed by atoms with Gasteiger partial charge in [0.1, 0.15) is 5.54 Å². The van der Waals surface area contributed by atoms with Crippen LogP contribution in [0, 0.1) is 0 Å². The molecule has 7 heteroatoms. The van der Waals surface area contributed by atoms with Gasteiger partial charge >= 0.3 is 0 Å². The van der Waals surface area contributed by atoms with Gasteiger partial charge in [-0.25, -0.2) is 8.42 Å². The topological polar surface area (TPSA) is 83.6 Å². The summed E-state index contributed by atoms with van der Waals surface area (Å²) in [4.78, 5) is 25.8. The van der Waals surface area contributed by atoms with E-state index in [0.29, 0.717) is 12.8 Å². The molecule has 1 saturated carbocycles. The van der Waals surface area contributed by atoms with E-state index in [1.807, 2.05) is 0 Å². The first-order chi connectivity index (χ1) is 9.38. The molecule has 1 aliphatic heterocycles. The molecule has 0 bridgehead atoms. The zero-order valence-electron chi connectivity index (χ0n) is 11.9. The van der Waals surface area contributed by atoms with Crippen molar-refractivity contribution >= 4 is 21.7 Å². The minimum absolute atomic E-state index is 0.0280. The van der Waals surface area contributed by atoms with E-state index in [0.717, 1.165) is 19.3 Å². The first-order valence-corrected chi connectivity index (χ1v) is 9.01. The predicted octanol–water partition coefficient (Wildman–Crippen LogP) is 0.0824. The molecule has 0 unspecified atom stereocenters. The van der Waals surface area contributed by atoms with Crippen molar-refractivity contribution in [1.29, 1.82) is 0 Å². The van der Waals surface area contributed by atoms with Crippen LogP contribution in [-0.4, -0.2) is 55.3 Å². The Hall–Kier alpha value is -1.11. The third-order valence-electron chi connectivity index (χ3n) is 4.23. The summed E-state index contributed by atoms with van der Waals surface area (Å²) < 4.78 is 23.1. The van der Waals surface area contributed by atoms with Crippen molar-refractivity contribution < 1.29 is 18.0 Å². The molecule has 2 aliphatic rings. The maximum Gasteiger partial charge on any atom is 0.248 e. The minimum atomic E-state index is -3.13. The van der Waals surface area contributed by atoms with Crippen LogP contribution in [0.5, 0.6) is 0 Å². The number of piperazine rings is 1. The lowest BCUT2D eigenvalue weighted by molar-refractivity contribution is -0.151. The zero-order chi connectivity index (χ0) is 14.8. The van der Waals surface area contributed by atoms with Crippen LogP contribution in [0.1, 0.15) is 39.0 Å². The Labute approximate surface area is 119 Å². The van der Waals surface area contributed by atoms with E-state index in [4.69, 9.17) is 0 Å². The lowest BCUT2D eigenvalue weighted by Crippen LogP contribution is -2.67. The molecule has 1 aliphatic carbocycles. The number of hydrogen-bond acceptors (Lipinski definition) is 4. The monoisotopic (exact) mass is 302 g/mol. The Morgan fingerprint density at radius 3 is 2.45 bits per heavy atom. The number of amides is 2. The van der Waals surface area contributed by atoms with Gasteiger partial charge in [-0.3, -0.25) is 9.59 Å². The Bertz CT molecular complexity index is 495. The van der Waals surface area contributed by atoms with Gasteiger partial charge in [0.2, 0.25) is 11.8 Å². The third kappa shape index (κ3) is 3.13. The molecule has 0 radical (unpaired) electrons. The highest BCUT2D eigenvalue weighted by Crippen LogP contribution is 2.31. The van der Waals surface area contributed by atoms with Crippen LogP contribution in [0.25, 0.3) is 0 Å². The summed E-state index contributed by atoms with van der Waals surface area (Å²) in [6, 6.07) is 0. The van der Waals surface area contributed by atoms with E-state index in [2.05, 4.69) is 5.32 Å². The molecule has 6 nitrogen and oxygen atoms in total. The summed E-state index contributed by atoms with van der Waals surface area (Å²) in [5, 5.41) is 2.84. The lowest BCUT2D eigenvalue weighted by atomic mass is 9.79. The smallest absolute Gasteiger partial charge is 0.248 e. The number of sulfone groups is 1. The summed E-state index contributed by atoms with van der Waals surface area (Å²) in [5.74, 6) is -0.297. The Morgan fingerprint density at radius 1 is 1.20 bits per heavy atom. The molecule has 0 aromatic rings. The van der Waals surface area contributed by atoms with Crippen molar-refractivity contribution in [3.63, 3.8) is 0 Å². The van der Waals surface area contributed by atoms with E-state index < -0.39 is 15.4 Å². The fourth-order valence-electron chi connectivity index (χ4n) is 2.98. The fraction of sp³-hybridized carbons (Fsp3) is 0.846. The molecule has 20 heavy (non-hydrogen) atoms. The molecule has 1 spiro atoms. The van der Waals surface area contributed by atoms with Crippen molar-refractivity contribution in [2.45, 2.75) is 44.6 Å². The first-order valence-electron chi connectivity index (χ1n) is 7.19. The highest BCUT2D eigenvalue weighted by Gasteiger charge is 2.46. The van der Waals surface area contributed by atoms with Crippen LogP contribution in [-0.2, 0) is 19.4 Å². The van der Waals surface area contributed by atoms with E-state index >= 15 is 0 Å². The second-order valence-electron chi connectivity index (χ2n) is 5.65. The average molecular weight is 302 g/mol. The van der Waals surface area contributed by atoms with Gasteiger partial charge in [0.25, 0.3) is 0 Å². The molecule has 2 fully saturated rings. The molecule has 2 rings (SSSR count). The van der Waals surface area contributed by atoms with E-state index in [-0.39, 0.29) is 36.4 Å². The molecule has 0 atom stereocenters. The minimum Gasteiger partial charge on any atom is -0.340 e. The molecule has 0 aromatic carbocycles. The Balaban J connectivity index is 2.09. The summed E-state index contributed by atoms with van der Waals surface area (Å²) in [6.45, 7) is 1.67. The van der Waals surface area contributed by atoms with Crippen LogP contribution in [0.3, 0.4) is 0 Å². The van der Waals surface area contributed by atoms with Gasteiger partial charge in [-0.15, -0.1) is 0 Å². The lowest BCUT2D eigenvalue weighted by Gasteiger charge is -2.44. The van der Waals surface area contributed by atoms with Gasteiger partial charge in [-0.2, -0.15) is 0 Å². The van der Waals surface area contributed by atoms with Crippen LogP contribution in [0.4, 0.5) is 0 Å². The van der Waals surface area contributed by atoms with E-state index in [1.165, 1.54) is 4.90 Å². The molecule has 1 heterocycles. The second-order valence-corrected chi connectivity index (χ2v) is 8.13. The van der Waals surface area contributed by atoms with Crippen LogP contribution in [0.2, 0.25) is 0 Å². The van der Waals surface area contributed by atoms with Crippen molar-refractivity contribution in [2.75, 3.05) is 24.6 Å². The number of carbonyl (C=O) groups is 2. The molecular formula is C13H22N2O4S. The molecule has 0 aromatic heterocycles. The van der Waals surface area contributed by atoms with Gasteiger partial charge in [0.05, 0.1) is 12.3 Å². The summed E-state index contributed by atoms with van der Waals surface area (Å²) in [7, 11) is -3.13. The summed E-state index contributed by atoms with van der Waals surface area (Å²) in [5.41, 5.74) is -0.774. The second kappa shape index (κ2) is 5.71. The number of rotatable bonds is 4. The normalized spacial score (nSPS) is 22.9. The standard InChI is InChI=1S/C13H22N2O4S/c1-2-20(18,19)9-8-15-10-11(16)14-13(12(15)17)6-4-3-5-7-13/h2-10H2,1H3,(H,14,16). The maximum absolute atomic E-state index is 12.6. The number of nitrogens with zero attached hydrogens (tertiary/aromatic N) is 1. The van der Waals surface area contributed by atoms with Gasteiger partial charge in [0, 0.05) is 12.3 Å². The molecule has 2 amide bonds. The highest BCUT2D eigenvalue weighted by molar-refractivity contribution is 7.91. The van der Waals surface area contributed by atoms with Crippen molar-refractivity contribution in [3.8, 4) is 0 Å². The zero-order valence-corrected chi connectivity index (χ0v) is 12.7. The predicted molar refractivity (Wildman–Crippen MR) is 74.9 cm³/mol. The van der Waals surface area contributed by atoms with Crippen molar-refractivity contribution in [1.82, 2.24) is 10.2 Å². The number of nitrogens with one attached hydrogen (secondary N) is 1. The number of carbonyl (C=O) groups excluding carboxylic acids is 2. The van der Waals surface area contributed by atoms with E-state index in [9.17, 15) is 18.0 Å². The largest absolute Gasteiger partial charge is 0.340 e. The van der Waals surface area contributed by atoms with Gasteiger partial charge < -0.3 is 10.2 Å². The summed E-state index contributed by atoms with van der Waals surface area (Å²) in [6.07, 6.45) is 4.25. The highest BCUT2D eigenvalue weighted by atomic mass is 32.2. The molecule has 1 saturated heterocycles. The number of hydrogen-bond donors (Lipinski definition) is 1.